The summed E-state index contributed by atoms with van der Waals surface area (Å²) >= 11 is 0. The zero-order valence-corrected chi connectivity index (χ0v) is 14.4. The van der Waals surface area contributed by atoms with E-state index in [4.69, 9.17) is 0 Å². The van der Waals surface area contributed by atoms with Crippen molar-refractivity contribution in [2.75, 3.05) is 13.1 Å². The molecule has 0 N–H and O–H groups in total. The van der Waals surface area contributed by atoms with Gasteiger partial charge in [0.15, 0.2) is 9.84 Å². The van der Waals surface area contributed by atoms with Gasteiger partial charge in [-0.1, -0.05) is 12.1 Å². The zero-order chi connectivity index (χ0) is 17.2. The van der Waals surface area contributed by atoms with Crippen molar-refractivity contribution in [2.24, 2.45) is 0 Å². The maximum Gasteiger partial charge on any atom is 0.240 e. The quantitative estimate of drug-likeness (QED) is 0.827. The van der Waals surface area contributed by atoms with Crippen LogP contribution in [0.5, 0.6) is 0 Å². The Hall–Kier alpha value is -2.15. The molecule has 1 aromatic heterocycles. The van der Waals surface area contributed by atoms with Crippen molar-refractivity contribution in [1.29, 1.82) is 0 Å². The van der Waals surface area contributed by atoms with E-state index in [2.05, 4.69) is 5.10 Å². The minimum Gasteiger partial charge on any atom is -0.342 e. The number of hydrogen-bond acceptors (Lipinski definition) is 4. The Kier molecular flexibility index (Phi) is 4.71. The van der Waals surface area contributed by atoms with Gasteiger partial charge in [-0.25, -0.2) is 13.1 Å². The molecule has 1 aliphatic heterocycles. The lowest BCUT2D eigenvalue weighted by atomic mass is 10.2. The molecule has 0 radical (unpaired) electrons. The van der Waals surface area contributed by atoms with Crippen molar-refractivity contribution in [3.8, 4) is 5.69 Å². The van der Waals surface area contributed by atoms with Crippen molar-refractivity contribution in [3.05, 3.63) is 48.3 Å². The minimum absolute atomic E-state index is 0.132. The minimum atomic E-state index is -3.53. The predicted octanol–water partition coefficient (Wildman–Crippen LogP) is 1.80. The Labute approximate surface area is 142 Å². The monoisotopic (exact) mass is 347 g/mol. The lowest BCUT2D eigenvalue weighted by Gasteiger charge is -2.20. The molecule has 24 heavy (non-hydrogen) atoms. The number of sulfone groups is 1. The van der Waals surface area contributed by atoms with Gasteiger partial charge in [0.2, 0.25) is 5.91 Å². The van der Waals surface area contributed by atoms with Crippen LogP contribution in [0.15, 0.2) is 42.7 Å². The van der Waals surface area contributed by atoms with Crippen molar-refractivity contribution < 1.29 is 13.2 Å². The molecule has 1 unspecified atom stereocenters. The number of carbonyl (C=O) groups is 1. The Morgan fingerprint density at radius 3 is 2.46 bits per heavy atom. The normalized spacial score (nSPS) is 16.3. The second-order valence-electron chi connectivity index (χ2n) is 6.10. The fraction of sp³-hybridized carbons (Fsp3) is 0.412. The number of nitrogens with zero attached hydrogens (tertiary/aromatic N) is 3. The first-order valence-corrected chi connectivity index (χ1v) is 9.78. The van der Waals surface area contributed by atoms with Gasteiger partial charge in [0.1, 0.15) is 5.25 Å². The van der Waals surface area contributed by atoms with Crippen molar-refractivity contribution in [3.63, 3.8) is 0 Å². The topological polar surface area (TPSA) is 72.3 Å². The summed E-state index contributed by atoms with van der Waals surface area (Å²) < 4.78 is 26.8. The number of rotatable bonds is 5. The summed E-state index contributed by atoms with van der Waals surface area (Å²) in [4.78, 5) is 14.0. The Bertz CT molecular complexity index is 792. The largest absolute Gasteiger partial charge is 0.342 e. The van der Waals surface area contributed by atoms with E-state index < -0.39 is 15.1 Å². The third kappa shape index (κ3) is 3.51. The van der Waals surface area contributed by atoms with E-state index in [9.17, 15) is 13.2 Å². The van der Waals surface area contributed by atoms with E-state index in [1.54, 1.807) is 27.9 Å². The molecule has 1 saturated heterocycles. The lowest BCUT2D eigenvalue weighted by Crippen LogP contribution is -2.40. The van der Waals surface area contributed by atoms with Crippen molar-refractivity contribution >= 4 is 15.7 Å². The molecule has 2 heterocycles. The number of amides is 1. The number of aromatic nitrogens is 2. The molecule has 0 aliphatic carbocycles. The third-order valence-corrected chi connectivity index (χ3v) is 6.39. The average molecular weight is 347 g/mol. The van der Waals surface area contributed by atoms with Crippen molar-refractivity contribution in [2.45, 2.75) is 30.8 Å². The van der Waals surface area contributed by atoms with Crippen LogP contribution in [0.3, 0.4) is 0 Å². The summed E-state index contributed by atoms with van der Waals surface area (Å²) in [6.07, 6.45) is 5.41. The van der Waals surface area contributed by atoms with Crippen LogP contribution in [-0.4, -0.2) is 47.3 Å². The molecule has 1 atom stereocenters. The van der Waals surface area contributed by atoms with Gasteiger partial charge in [-0.05, 0) is 43.5 Å². The summed E-state index contributed by atoms with van der Waals surface area (Å²) in [6, 6.07) is 9.00. The fourth-order valence-electron chi connectivity index (χ4n) is 2.87. The first-order chi connectivity index (χ1) is 11.5. The highest BCUT2D eigenvalue weighted by Crippen LogP contribution is 2.17. The van der Waals surface area contributed by atoms with Gasteiger partial charge >= 0.3 is 0 Å². The van der Waals surface area contributed by atoms with Gasteiger partial charge < -0.3 is 4.90 Å². The van der Waals surface area contributed by atoms with Gasteiger partial charge in [0.05, 0.1) is 11.4 Å². The molecule has 1 aromatic carbocycles. The molecule has 1 aliphatic rings. The highest BCUT2D eigenvalue weighted by Gasteiger charge is 2.32. The molecule has 3 rings (SSSR count). The Morgan fingerprint density at radius 2 is 1.88 bits per heavy atom. The van der Waals surface area contributed by atoms with Gasteiger partial charge in [0, 0.05) is 25.5 Å². The second kappa shape index (κ2) is 6.76. The maximum atomic E-state index is 12.5. The number of carbonyl (C=O) groups excluding carboxylic acids is 1. The van der Waals surface area contributed by atoms with Gasteiger partial charge in [-0.3, -0.25) is 4.79 Å². The van der Waals surface area contributed by atoms with E-state index in [1.165, 1.54) is 6.92 Å². The molecular formula is C17H21N3O3S. The molecule has 0 saturated carbocycles. The number of hydrogen-bond donors (Lipinski definition) is 0. The summed E-state index contributed by atoms with van der Waals surface area (Å²) in [7, 11) is -3.53. The van der Waals surface area contributed by atoms with Gasteiger partial charge in [-0.2, -0.15) is 5.10 Å². The Morgan fingerprint density at radius 1 is 1.21 bits per heavy atom. The highest BCUT2D eigenvalue weighted by molar-refractivity contribution is 7.92. The summed E-state index contributed by atoms with van der Waals surface area (Å²) in [5, 5.41) is 3.14. The number of benzene rings is 1. The van der Waals surface area contributed by atoms with Crippen LogP contribution in [0.1, 0.15) is 25.3 Å². The predicted molar refractivity (Wildman–Crippen MR) is 91.5 cm³/mol. The molecule has 0 bridgehead atoms. The molecule has 6 nitrogen and oxygen atoms in total. The zero-order valence-electron chi connectivity index (χ0n) is 13.6. The maximum absolute atomic E-state index is 12.5. The second-order valence-corrected chi connectivity index (χ2v) is 8.42. The van der Waals surface area contributed by atoms with E-state index in [0.717, 1.165) is 18.5 Å². The lowest BCUT2D eigenvalue weighted by molar-refractivity contribution is -0.129. The smallest absolute Gasteiger partial charge is 0.240 e. The van der Waals surface area contributed by atoms with Crippen LogP contribution in [0, 0.1) is 0 Å². The van der Waals surface area contributed by atoms with Crippen LogP contribution in [-0.2, 0) is 20.4 Å². The number of likely N-dealkylation sites (tertiary alicyclic amines) is 1. The van der Waals surface area contributed by atoms with Crippen LogP contribution in [0.2, 0.25) is 0 Å². The molecule has 1 fully saturated rings. The molecule has 7 heteroatoms. The third-order valence-electron chi connectivity index (χ3n) is 4.38. The molecular weight excluding hydrogens is 326 g/mol. The van der Waals surface area contributed by atoms with E-state index in [1.807, 2.05) is 24.4 Å². The van der Waals surface area contributed by atoms with Crippen molar-refractivity contribution in [1.82, 2.24) is 14.7 Å². The molecule has 128 valence electrons. The first kappa shape index (κ1) is 16.7. The van der Waals surface area contributed by atoms with Crippen LogP contribution in [0.4, 0.5) is 0 Å². The summed E-state index contributed by atoms with van der Waals surface area (Å²) in [5.74, 6) is -0.409. The van der Waals surface area contributed by atoms with E-state index in [-0.39, 0.29) is 11.7 Å². The Balaban J connectivity index is 1.70. The molecule has 0 spiro atoms. The standard InChI is InChI=1S/C17H21N3O3S/c1-14(17(21)19-10-2-3-11-19)24(22,23)13-15-5-7-16(8-6-15)20-12-4-9-18-20/h4-9,12,14H,2-3,10-11,13H2,1H3. The average Bonchev–Trinajstić information content (AvgIpc) is 3.27. The van der Waals surface area contributed by atoms with Gasteiger partial charge in [0.25, 0.3) is 0 Å². The van der Waals surface area contributed by atoms with Crippen LogP contribution in [0.25, 0.3) is 5.69 Å². The summed E-state index contributed by atoms with van der Waals surface area (Å²) in [5.41, 5.74) is 1.54. The fourth-order valence-corrected chi connectivity index (χ4v) is 4.24. The summed E-state index contributed by atoms with van der Waals surface area (Å²) in [6.45, 7) is 2.82. The van der Waals surface area contributed by atoms with Crippen LogP contribution < -0.4 is 0 Å². The van der Waals surface area contributed by atoms with Gasteiger partial charge in [-0.15, -0.1) is 0 Å². The van der Waals surface area contributed by atoms with E-state index in [0.29, 0.717) is 18.7 Å². The van der Waals surface area contributed by atoms with Crippen LogP contribution >= 0.6 is 0 Å². The van der Waals surface area contributed by atoms with E-state index >= 15 is 0 Å². The molecule has 1 amide bonds. The first-order valence-electron chi connectivity index (χ1n) is 8.07. The SMILES string of the molecule is CC(C(=O)N1CCCC1)S(=O)(=O)Cc1ccc(-n2cccn2)cc1. The highest BCUT2D eigenvalue weighted by atomic mass is 32.2. The molecule has 2 aromatic rings.